The zero-order valence-corrected chi connectivity index (χ0v) is 12.7. The Balaban J connectivity index is 2.42. The molecule has 120 valence electrons. The van der Waals surface area contributed by atoms with Gasteiger partial charge in [-0.3, -0.25) is 9.59 Å². The van der Waals surface area contributed by atoms with Gasteiger partial charge < -0.3 is 21.1 Å². The van der Waals surface area contributed by atoms with E-state index in [0.717, 1.165) is 6.42 Å². The van der Waals surface area contributed by atoms with Gasteiger partial charge >= 0.3 is 12.0 Å². The summed E-state index contributed by atoms with van der Waals surface area (Å²) in [6.07, 6.45) is 1.38. The molecule has 1 fully saturated rings. The molecule has 0 saturated carbocycles. The predicted molar refractivity (Wildman–Crippen MR) is 77.5 cm³/mol. The van der Waals surface area contributed by atoms with Crippen molar-refractivity contribution < 1.29 is 19.5 Å². The van der Waals surface area contributed by atoms with Crippen molar-refractivity contribution in [2.45, 2.75) is 33.1 Å². The maximum absolute atomic E-state index is 12.0. The number of urea groups is 1. The van der Waals surface area contributed by atoms with Gasteiger partial charge in [0.25, 0.3) is 0 Å². The minimum atomic E-state index is -0.857. The van der Waals surface area contributed by atoms with E-state index in [9.17, 15) is 14.4 Å². The number of carboxylic acid groups (broad SMARTS) is 1. The highest BCUT2D eigenvalue weighted by Gasteiger charge is 2.29. The van der Waals surface area contributed by atoms with Gasteiger partial charge in [-0.05, 0) is 24.7 Å². The fourth-order valence-corrected chi connectivity index (χ4v) is 2.67. The van der Waals surface area contributed by atoms with Gasteiger partial charge in [0.1, 0.15) is 0 Å². The highest BCUT2D eigenvalue weighted by Crippen LogP contribution is 2.17. The van der Waals surface area contributed by atoms with Crippen LogP contribution in [0.4, 0.5) is 4.79 Å². The van der Waals surface area contributed by atoms with Crippen LogP contribution in [-0.4, -0.2) is 47.5 Å². The number of nitrogens with zero attached hydrogens (tertiary/aromatic N) is 1. The summed E-state index contributed by atoms with van der Waals surface area (Å²) in [5.41, 5.74) is 5.23. The molecule has 0 aromatic heterocycles. The quantitative estimate of drug-likeness (QED) is 0.640. The lowest BCUT2D eigenvalue weighted by Crippen LogP contribution is -2.41. The molecule has 0 aromatic rings. The molecule has 1 aliphatic rings. The Morgan fingerprint density at radius 1 is 1.38 bits per heavy atom. The molecule has 1 saturated heterocycles. The molecular weight excluding hydrogens is 274 g/mol. The molecule has 3 amide bonds. The average Bonchev–Trinajstić information content (AvgIpc) is 2.83. The number of nitrogens with one attached hydrogen (secondary N) is 1. The van der Waals surface area contributed by atoms with Crippen LogP contribution in [0.3, 0.4) is 0 Å². The van der Waals surface area contributed by atoms with Crippen LogP contribution in [0.25, 0.3) is 0 Å². The molecule has 2 atom stereocenters. The topological polar surface area (TPSA) is 113 Å². The van der Waals surface area contributed by atoms with Crippen LogP contribution in [0.1, 0.15) is 33.1 Å². The molecule has 21 heavy (non-hydrogen) atoms. The lowest BCUT2D eigenvalue weighted by molar-refractivity contribution is -0.138. The minimum absolute atomic E-state index is 0.0440. The standard InChI is InChI=1S/C14H25N3O4/c1-9(2)5-10(6-12(18)19)7-16-14(21)17-4-3-11(8-17)13(15)20/h9-11H,3-8H2,1-2H3,(H2,15,20)(H,16,21)(H,18,19). The van der Waals surface area contributed by atoms with Crippen molar-refractivity contribution in [3.05, 3.63) is 0 Å². The average molecular weight is 299 g/mol. The van der Waals surface area contributed by atoms with E-state index < -0.39 is 5.97 Å². The van der Waals surface area contributed by atoms with Gasteiger partial charge in [-0.1, -0.05) is 13.8 Å². The number of carbonyl (C=O) groups excluding carboxylic acids is 2. The van der Waals surface area contributed by atoms with Crippen LogP contribution in [0, 0.1) is 17.8 Å². The fourth-order valence-electron chi connectivity index (χ4n) is 2.67. The van der Waals surface area contributed by atoms with Crippen LogP contribution in [0.2, 0.25) is 0 Å². The van der Waals surface area contributed by atoms with Gasteiger partial charge in [-0.15, -0.1) is 0 Å². The van der Waals surface area contributed by atoms with Gasteiger partial charge in [-0.25, -0.2) is 4.79 Å². The second-order valence-corrected chi connectivity index (χ2v) is 6.11. The van der Waals surface area contributed by atoms with E-state index in [-0.39, 0.29) is 30.2 Å². The van der Waals surface area contributed by atoms with Gasteiger partial charge in [0, 0.05) is 26.1 Å². The number of hydrogen-bond acceptors (Lipinski definition) is 3. The Morgan fingerprint density at radius 2 is 2.05 bits per heavy atom. The molecular formula is C14H25N3O4. The van der Waals surface area contributed by atoms with Crippen LogP contribution in [0.15, 0.2) is 0 Å². The second kappa shape index (κ2) is 7.85. The van der Waals surface area contributed by atoms with Gasteiger partial charge in [0.2, 0.25) is 5.91 Å². The first-order valence-electron chi connectivity index (χ1n) is 7.33. The SMILES string of the molecule is CC(C)CC(CNC(=O)N1CCC(C(N)=O)C1)CC(=O)O. The van der Waals surface area contributed by atoms with Gasteiger partial charge in [0.05, 0.1) is 5.92 Å². The number of amides is 3. The molecule has 1 aliphatic heterocycles. The Labute approximate surface area is 124 Å². The predicted octanol–water partition coefficient (Wildman–Crippen LogP) is 0.640. The second-order valence-electron chi connectivity index (χ2n) is 6.11. The molecule has 0 aliphatic carbocycles. The molecule has 7 heteroatoms. The third-order valence-electron chi connectivity index (χ3n) is 3.69. The highest BCUT2D eigenvalue weighted by atomic mass is 16.4. The third-order valence-corrected chi connectivity index (χ3v) is 3.69. The highest BCUT2D eigenvalue weighted by molar-refractivity contribution is 5.80. The number of aliphatic carboxylic acids is 1. The van der Waals surface area contributed by atoms with Crippen LogP contribution in [-0.2, 0) is 9.59 Å². The minimum Gasteiger partial charge on any atom is -0.481 e. The van der Waals surface area contributed by atoms with E-state index in [2.05, 4.69) is 5.32 Å². The lowest BCUT2D eigenvalue weighted by Gasteiger charge is -2.21. The molecule has 0 bridgehead atoms. The zero-order chi connectivity index (χ0) is 16.0. The van der Waals surface area contributed by atoms with Crippen molar-refractivity contribution in [2.24, 2.45) is 23.5 Å². The van der Waals surface area contributed by atoms with E-state index in [1.165, 1.54) is 0 Å². The number of carbonyl (C=O) groups is 3. The summed E-state index contributed by atoms with van der Waals surface area (Å²) in [5, 5.41) is 11.7. The zero-order valence-electron chi connectivity index (χ0n) is 12.7. The van der Waals surface area contributed by atoms with Crippen LogP contribution in [0.5, 0.6) is 0 Å². The molecule has 1 rings (SSSR count). The first-order valence-corrected chi connectivity index (χ1v) is 7.33. The number of primary amides is 1. The van der Waals surface area contributed by atoms with Crippen molar-refractivity contribution in [1.29, 1.82) is 0 Å². The summed E-state index contributed by atoms with van der Waals surface area (Å²) in [6.45, 7) is 5.23. The monoisotopic (exact) mass is 299 g/mol. The van der Waals surface area contributed by atoms with Crippen molar-refractivity contribution >= 4 is 17.9 Å². The summed E-state index contributed by atoms with van der Waals surface area (Å²) in [5.74, 6) is -1.22. The largest absolute Gasteiger partial charge is 0.481 e. The third kappa shape index (κ3) is 6.01. The summed E-state index contributed by atoms with van der Waals surface area (Å²) in [4.78, 5) is 35.5. The Bertz CT molecular complexity index is 398. The first-order chi connectivity index (χ1) is 9.79. The van der Waals surface area contributed by atoms with Crippen LogP contribution >= 0.6 is 0 Å². The van der Waals surface area contributed by atoms with E-state index >= 15 is 0 Å². The molecule has 0 aromatic carbocycles. The van der Waals surface area contributed by atoms with Crippen molar-refractivity contribution in [3.63, 3.8) is 0 Å². The number of hydrogen-bond donors (Lipinski definition) is 3. The Morgan fingerprint density at radius 3 is 2.52 bits per heavy atom. The number of likely N-dealkylation sites (tertiary alicyclic amines) is 1. The first kappa shape index (κ1) is 17.3. The van der Waals surface area contributed by atoms with E-state index in [0.29, 0.717) is 32.0 Å². The summed E-state index contributed by atoms with van der Waals surface area (Å²) in [7, 11) is 0. The normalized spacial score (nSPS) is 19.6. The molecule has 2 unspecified atom stereocenters. The summed E-state index contributed by atoms with van der Waals surface area (Å²) >= 11 is 0. The summed E-state index contributed by atoms with van der Waals surface area (Å²) < 4.78 is 0. The summed E-state index contributed by atoms with van der Waals surface area (Å²) in [6, 6.07) is -0.252. The smallest absolute Gasteiger partial charge is 0.317 e. The van der Waals surface area contributed by atoms with E-state index in [1.807, 2.05) is 13.8 Å². The van der Waals surface area contributed by atoms with E-state index in [4.69, 9.17) is 10.8 Å². The van der Waals surface area contributed by atoms with Gasteiger partial charge in [0.15, 0.2) is 0 Å². The molecule has 7 nitrogen and oxygen atoms in total. The molecule has 0 radical (unpaired) electrons. The van der Waals surface area contributed by atoms with Crippen molar-refractivity contribution in [1.82, 2.24) is 10.2 Å². The number of rotatable bonds is 7. The van der Waals surface area contributed by atoms with E-state index in [1.54, 1.807) is 4.90 Å². The Hall–Kier alpha value is -1.79. The molecule has 0 spiro atoms. The maximum atomic E-state index is 12.0. The lowest BCUT2D eigenvalue weighted by atomic mass is 9.94. The van der Waals surface area contributed by atoms with Crippen molar-refractivity contribution in [3.8, 4) is 0 Å². The molecule has 4 N–H and O–H groups in total. The fraction of sp³-hybridized carbons (Fsp3) is 0.786. The maximum Gasteiger partial charge on any atom is 0.317 e. The number of nitrogens with two attached hydrogens (primary N) is 1. The van der Waals surface area contributed by atoms with Gasteiger partial charge in [-0.2, -0.15) is 0 Å². The van der Waals surface area contributed by atoms with Crippen molar-refractivity contribution in [2.75, 3.05) is 19.6 Å². The van der Waals surface area contributed by atoms with Crippen LogP contribution < -0.4 is 11.1 Å². The number of carboxylic acids is 1. The Kier molecular flexibility index (Phi) is 6.45. The molecule has 1 heterocycles.